The maximum Gasteiger partial charge on any atom is 0.307 e. The molecule has 1 spiro atoms. The van der Waals surface area contributed by atoms with E-state index in [1.807, 2.05) is 0 Å². The molecule has 1 atom stereocenters. The van der Waals surface area contributed by atoms with Crippen molar-refractivity contribution in [2.45, 2.75) is 44.1 Å². The Morgan fingerprint density at radius 1 is 1.00 bits per heavy atom. The van der Waals surface area contributed by atoms with E-state index in [0.29, 0.717) is 18.5 Å². The molecule has 2 aliphatic rings. The molecular formula is C23H23N3O6. The van der Waals surface area contributed by atoms with Crippen molar-refractivity contribution >= 4 is 34.8 Å². The van der Waals surface area contributed by atoms with E-state index in [4.69, 9.17) is 4.74 Å². The van der Waals surface area contributed by atoms with Crippen molar-refractivity contribution in [3.8, 4) is 0 Å². The topological polar surface area (TPSA) is 128 Å². The maximum absolute atomic E-state index is 12.9. The maximum atomic E-state index is 12.9. The summed E-state index contributed by atoms with van der Waals surface area (Å²) in [6, 6.07) is 12.1. The lowest BCUT2D eigenvalue weighted by Crippen LogP contribution is -2.43. The molecule has 2 fully saturated rings. The Kier molecular flexibility index (Phi) is 5.89. The second-order valence-corrected chi connectivity index (χ2v) is 8.15. The number of carbonyl (C=O) groups excluding carboxylic acids is 3. The molecule has 1 saturated heterocycles. The van der Waals surface area contributed by atoms with Gasteiger partial charge in [-0.3, -0.25) is 24.5 Å². The van der Waals surface area contributed by atoms with Crippen LogP contribution in [0.5, 0.6) is 0 Å². The molecule has 0 aromatic heterocycles. The molecule has 166 valence electrons. The molecule has 0 bridgehead atoms. The Morgan fingerprint density at radius 2 is 1.69 bits per heavy atom. The van der Waals surface area contributed by atoms with Gasteiger partial charge in [0.15, 0.2) is 0 Å². The zero-order valence-corrected chi connectivity index (χ0v) is 17.3. The predicted molar refractivity (Wildman–Crippen MR) is 116 cm³/mol. The van der Waals surface area contributed by atoms with E-state index in [0.717, 1.165) is 19.3 Å². The number of nitrogens with one attached hydrogen (secondary N) is 2. The third-order valence-corrected chi connectivity index (χ3v) is 6.10. The number of esters is 1. The summed E-state index contributed by atoms with van der Waals surface area (Å²) in [5, 5.41) is 16.5. The highest BCUT2D eigenvalue weighted by molar-refractivity contribution is 6.06. The quantitative estimate of drug-likeness (QED) is 0.413. The molecule has 9 nitrogen and oxygen atoms in total. The van der Waals surface area contributed by atoms with Crippen LogP contribution in [-0.2, 0) is 14.3 Å². The summed E-state index contributed by atoms with van der Waals surface area (Å²) in [6.07, 6.45) is 4.40. The summed E-state index contributed by atoms with van der Waals surface area (Å²) in [6.45, 7) is 0. The van der Waals surface area contributed by atoms with E-state index < -0.39 is 22.3 Å². The molecule has 0 radical (unpaired) electrons. The Morgan fingerprint density at radius 3 is 2.38 bits per heavy atom. The van der Waals surface area contributed by atoms with Gasteiger partial charge in [0.05, 0.1) is 17.3 Å². The fourth-order valence-corrected chi connectivity index (χ4v) is 4.49. The smallest absolute Gasteiger partial charge is 0.307 e. The number of nitro groups is 1. The van der Waals surface area contributed by atoms with Crippen molar-refractivity contribution in [1.29, 1.82) is 0 Å². The number of benzene rings is 2. The van der Waals surface area contributed by atoms with E-state index in [-0.39, 0.29) is 35.2 Å². The third kappa shape index (κ3) is 4.32. The minimum Gasteiger partial charge on any atom is -0.458 e. The third-order valence-electron chi connectivity index (χ3n) is 6.10. The normalized spacial score (nSPS) is 19.2. The highest BCUT2D eigenvalue weighted by Crippen LogP contribution is 2.44. The van der Waals surface area contributed by atoms with Gasteiger partial charge in [-0.25, -0.2) is 0 Å². The summed E-state index contributed by atoms with van der Waals surface area (Å²) in [5.41, 5.74) is -0.0333. The molecule has 2 N–H and O–H groups in total. The molecule has 0 unspecified atom stereocenters. The van der Waals surface area contributed by atoms with Crippen LogP contribution >= 0.6 is 0 Å². The molecule has 32 heavy (non-hydrogen) atoms. The average molecular weight is 437 g/mol. The van der Waals surface area contributed by atoms with Crippen LogP contribution in [0.15, 0.2) is 48.5 Å². The number of hydrogen-bond donors (Lipinski definition) is 2. The summed E-state index contributed by atoms with van der Waals surface area (Å²) >= 11 is 0. The van der Waals surface area contributed by atoms with Crippen molar-refractivity contribution in [2.75, 3.05) is 10.6 Å². The zero-order valence-electron chi connectivity index (χ0n) is 17.3. The fourth-order valence-electron chi connectivity index (χ4n) is 4.49. The van der Waals surface area contributed by atoms with Crippen LogP contribution in [0.4, 0.5) is 17.1 Å². The van der Waals surface area contributed by atoms with Crippen molar-refractivity contribution in [3.63, 3.8) is 0 Å². The molecule has 1 saturated carbocycles. The van der Waals surface area contributed by atoms with Gasteiger partial charge in [0.1, 0.15) is 11.3 Å². The summed E-state index contributed by atoms with van der Waals surface area (Å²) in [4.78, 5) is 47.9. The Hall–Kier alpha value is -3.75. The molecule has 9 heteroatoms. The highest BCUT2D eigenvalue weighted by Gasteiger charge is 2.52. The van der Waals surface area contributed by atoms with Crippen LogP contribution in [0.25, 0.3) is 0 Å². The van der Waals surface area contributed by atoms with Gasteiger partial charge in [0.2, 0.25) is 5.91 Å². The number of ether oxygens (including phenoxy) is 1. The first-order valence-corrected chi connectivity index (χ1v) is 10.6. The molecule has 4 rings (SSSR count). The average Bonchev–Trinajstić information content (AvgIpc) is 3.10. The van der Waals surface area contributed by atoms with E-state index in [1.54, 1.807) is 18.2 Å². The van der Waals surface area contributed by atoms with Crippen LogP contribution in [0.2, 0.25) is 0 Å². The van der Waals surface area contributed by atoms with Gasteiger partial charge >= 0.3 is 5.97 Å². The lowest BCUT2D eigenvalue weighted by molar-refractivity contribution is -0.383. The van der Waals surface area contributed by atoms with Crippen molar-refractivity contribution in [3.05, 3.63) is 64.2 Å². The number of anilines is 2. The van der Waals surface area contributed by atoms with E-state index in [1.165, 1.54) is 30.3 Å². The van der Waals surface area contributed by atoms with Crippen molar-refractivity contribution in [1.82, 2.24) is 0 Å². The fraction of sp³-hybridized carbons (Fsp3) is 0.348. The molecule has 2 amide bonds. The Bertz CT molecular complexity index is 1060. The number of nitro benzene ring substituents is 1. The summed E-state index contributed by atoms with van der Waals surface area (Å²) < 4.78 is 5.59. The number of para-hydroxylation sites is 2. The highest BCUT2D eigenvalue weighted by atomic mass is 16.6. The number of nitrogens with zero attached hydrogens (tertiary/aromatic N) is 1. The monoisotopic (exact) mass is 437 g/mol. The standard InChI is InChI=1S/C23H23N3O6/c27-20-14-17(23(32-20)12-4-1-5-13-23)22(29)24-16-10-8-15(9-11-16)21(28)25-18-6-2-3-7-19(18)26(30)31/h2-3,6-11,17H,1,4-5,12-14H2,(H,24,29)(H,25,28)/t17-/m0/s1. The predicted octanol–water partition coefficient (Wildman–Crippen LogP) is 4.05. The molecule has 1 heterocycles. The minimum absolute atomic E-state index is 0.0716. The van der Waals surface area contributed by atoms with E-state index >= 15 is 0 Å². The van der Waals surface area contributed by atoms with Gasteiger partial charge < -0.3 is 15.4 Å². The SMILES string of the molecule is O=C1C[C@@H](C(=O)Nc2ccc(C(=O)Nc3ccccc3[N+](=O)[O-])cc2)C2(CCCCC2)O1. The Balaban J connectivity index is 1.43. The minimum atomic E-state index is -0.705. The van der Waals surface area contributed by atoms with Gasteiger partial charge in [-0.15, -0.1) is 0 Å². The van der Waals surface area contributed by atoms with Gasteiger partial charge in [-0.2, -0.15) is 0 Å². The van der Waals surface area contributed by atoms with Crippen LogP contribution < -0.4 is 10.6 Å². The number of hydrogen-bond acceptors (Lipinski definition) is 6. The first-order valence-electron chi connectivity index (χ1n) is 10.6. The molecular weight excluding hydrogens is 414 g/mol. The van der Waals surface area contributed by atoms with Gasteiger partial charge in [-0.05, 0) is 56.0 Å². The van der Waals surface area contributed by atoms with Crippen molar-refractivity contribution < 1.29 is 24.0 Å². The largest absolute Gasteiger partial charge is 0.458 e. The molecule has 2 aromatic carbocycles. The van der Waals surface area contributed by atoms with Crippen LogP contribution in [0.1, 0.15) is 48.9 Å². The van der Waals surface area contributed by atoms with Crippen molar-refractivity contribution in [2.24, 2.45) is 5.92 Å². The Labute approximate surface area is 184 Å². The lowest BCUT2D eigenvalue weighted by Gasteiger charge is -2.36. The van der Waals surface area contributed by atoms with E-state index in [2.05, 4.69) is 10.6 Å². The molecule has 1 aliphatic heterocycles. The van der Waals surface area contributed by atoms with Gasteiger partial charge in [0, 0.05) is 17.3 Å². The van der Waals surface area contributed by atoms with Crippen LogP contribution in [0.3, 0.4) is 0 Å². The van der Waals surface area contributed by atoms with Crippen LogP contribution in [0, 0.1) is 16.0 Å². The first kappa shape index (κ1) is 21.5. The van der Waals surface area contributed by atoms with Gasteiger partial charge in [0.25, 0.3) is 11.6 Å². The number of amides is 2. The van der Waals surface area contributed by atoms with E-state index in [9.17, 15) is 24.5 Å². The van der Waals surface area contributed by atoms with Crippen LogP contribution in [-0.4, -0.2) is 28.3 Å². The summed E-state index contributed by atoms with van der Waals surface area (Å²) in [7, 11) is 0. The van der Waals surface area contributed by atoms with Gasteiger partial charge in [-0.1, -0.05) is 18.6 Å². The first-order chi connectivity index (χ1) is 15.4. The molecule has 2 aromatic rings. The second-order valence-electron chi connectivity index (χ2n) is 8.15. The lowest BCUT2D eigenvalue weighted by atomic mass is 9.75. The second kappa shape index (κ2) is 8.78. The molecule has 1 aliphatic carbocycles. The number of rotatable bonds is 5. The summed E-state index contributed by atoms with van der Waals surface area (Å²) in [5.74, 6) is -1.64. The zero-order chi connectivity index (χ0) is 22.7. The number of carbonyl (C=O) groups is 3.